The number of hydrogen-bond acceptors (Lipinski definition) is 3. The van der Waals surface area contributed by atoms with Gasteiger partial charge in [-0.25, -0.2) is 14.5 Å². The minimum absolute atomic E-state index is 0.157. The Balaban J connectivity index is 0.00000201. The molecule has 9 heteroatoms. The number of urea groups is 1. The smallest absolute Gasteiger partial charge is 0.312 e. The quantitative estimate of drug-likeness (QED) is 0.244. The summed E-state index contributed by atoms with van der Waals surface area (Å²) in [6.45, 7) is 6.83. The lowest BCUT2D eigenvalue weighted by molar-refractivity contribution is -0.137. The van der Waals surface area contributed by atoms with Crippen LogP contribution in [0.15, 0.2) is 18.2 Å². The molecule has 0 bridgehead atoms. The van der Waals surface area contributed by atoms with Crippen LogP contribution in [0.4, 0.5) is 29.3 Å². The van der Waals surface area contributed by atoms with Gasteiger partial charge < -0.3 is 4.90 Å². The minimum Gasteiger partial charge on any atom is -0.312 e. The van der Waals surface area contributed by atoms with E-state index in [1.807, 2.05) is 0 Å². The molecular formula is C118H13F3N4O2. The van der Waals surface area contributed by atoms with Crippen LogP contribution in [-0.4, -0.2) is 29.4 Å². The third kappa shape index (κ3) is 55.5. The fourth-order valence-electron chi connectivity index (χ4n) is 6.17. The van der Waals surface area contributed by atoms with Crippen molar-refractivity contribution in [3.8, 4) is 610 Å². The Bertz CT molecular complexity index is 8310. The van der Waals surface area contributed by atoms with Gasteiger partial charge in [0.1, 0.15) is 5.54 Å². The van der Waals surface area contributed by atoms with E-state index >= 15 is 0 Å². The highest BCUT2D eigenvalue weighted by molar-refractivity contribution is 6.23. The van der Waals surface area contributed by atoms with Gasteiger partial charge in [0.05, 0.1) is 17.8 Å². The molecule has 1 spiro atoms. The molecule has 3 rings (SSSR count). The molecule has 538 valence electrons. The number of carbonyl (C=O) groups excluding carboxylic acids is 2. The normalized spacial score (nSPS) is 6.84. The molecule has 0 radical (unpaired) electrons. The standard InChI is InChI=1S/C103HN.C15H12F3N3O2/c1-2-3-4-5-6-7-8-9-10-11-12-13-14-15-16-17-18-19-20-21-22-23-24-25-26-27-28-29-30-31-32-33-34-35-36-37-38-39-40-41-42-43-44-45-46-47-48-49-50-51-52-53-54-55-56-57-58-59-60-61-62-63-64-65-66-67-68-69-70-71-72-73-74-75-76-77-78-79-80-81-82-83-84-85-86-87-88-89-90-91-92-93-94-95-96-97-98-99-100-101-102-103-104;1-19-11-5-4-9(8-10(11)15(16,17)18)21-12(22)14(6-3-7-14)20(2)13(21)23/h1H;4-5,8H,3,6-7H2,2H3. The predicted octanol–water partition coefficient (Wildman–Crippen LogP) is 3.89. The van der Waals surface area contributed by atoms with Crippen LogP contribution in [0.1, 0.15) is 24.8 Å². The fraction of sp³-hybridized carbons (Fsp3) is 0.0508. The van der Waals surface area contributed by atoms with Crippen molar-refractivity contribution < 1.29 is 22.8 Å². The van der Waals surface area contributed by atoms with Crippen molar-refractivity contribution in [1.82, 2.24) is 4.90 Å². The largest absolute Gasteiger partial charge is 0.407 e. The molecule has 1 aliphatic carbocycles. The van der Waals surface area contributed by atoms with Crippen LogP contribution in [0.25, 0.3) is 4.85 Å². The van der Waals surface area contributed by atoms with Crippen LogP contribution in [0.5, 0.6) is 0 Å². The molecule has 127 heavy (non-hydrogen) atoms. The Morgan fingerprint density at radius 3 is 0.567 bits per heavy atom. The minimum atomic E-state index is -4.73. The summed E-state index contributed by atoms with van der Waals surface area (Å²) >= 11 is 0. The summed E-state index contributed by atoms with van der Waals surface area (Å²) in [5, 5.41) is 8.22. The van der Waals surface area contributed by atoms with E-state index in [1.165, 1.54) is 18.0 Å². The first-order valence-corrected chi connectivity index (χ1v) is 32.7. The number of anilines is 1. The average Bonchev–Trinajstić information content (AvgIpc) is 1.57. The maximum atomic E-state index is 13.1. The summed E-state index contributed by atoms with van der Waals surface area (Å²) < 4.78 is 39.2. The highest BCUT2D eigenvalue weighted by Gasteiger charge is 2.59. The zero-order valence-corrected chi connectivity index (χ0v) is 64.2. The van der Waals surface area contributed by atoms with Crippen molar-refractivity contribution in [2.45, 2.75) is 31.0 Å². The number of hydrogen-bond donors (Lipinski definition) is 0. The van der Waals surface area contributed by atoms with Crippen molar-refractivity contribution in [3.05, 3.63) is 35.2 Å². The van der Waals surface area contributed by atoms with Gasteiger partial charge in [0.15, 0.2) is 11.8 Å². The molecule has 2 aliphatic rings. The Kier molecular flexibility index (Phi) is 56.3. The van der Waals surface area contributed by atoms with Crippen molar-refractivity contribution in [1.29, 1.82) is 5.26 Å². The number of carbonyl (C=O) groups is 2. The van der Waals surface area contributed by atoms with E-state index in [1.54, 1.807) is 6.07 Å². The van der Waals surface area contributed by atoms with Crippen molar-refractivity contribution in [3.63, 3.8) is 0 Å². The van der Waals surface area contributed by atoms with Crippen LogP contribution in [0.2, 0.25) is 0 Å². The molecule has 6 nitrogen and oxygen atoms in total. The molecule has 1 aliphatic heterocycles. The number of benzene rings is 1. The lowest BCUT2D eigenvalue weighted by Crippen LogP contribution is -2.53. The van der Waals surface area contributed by atoms with Crippen molar-refractivity contribution in [2.24, 2.45) is 0 Å². The number of halogens is 3. The van der Waals surface area contributed by atoms with Crippen molar-refractivity contribution in [2.75, 3.05) is 11.9 Å². The summed E-state index contributed by atoms with van der Waals surface area (Å²) in [6, 6.07) is 3.86. The SMILES string of the molecule is C#CC#CC#CC#CC#CC#CC#CC#CC#CC#CC#CC#CC#CC#CC#CC#CC#CC#CC#CC#CC#CC#CC#CC#CC#CC#CC#CC#CC#CC#CC#CC#CC#CC#CC#CC#CC#CC#CC#CC#CC#CC#CC#CC#CC#CC#CC#CC#CC#CC#CC#CC#N.[C-]#[N+]c1ccc(N2C(=O)N(C)C3(CCC3)C2=O)cc1C(F)(F)F. The summed E-state index contributed by atoms with van der Waals surface area (Å²) in [6.07, 6.45) is 2.03. The van der Waals surface area contributed by atoms with Gasteiger partial charge in [0.2, 0.25) is 0 Å². The average molecular weight is 1580 g/mol. The summed E-state index contributed by atoms with van der Waals surface area (Å²) in [5.74, 6) is 250. The summed E-state index contributed by atoms with van der Waals surface area (Å²) in [4.78, 5) is 29.8. The molecule has 3 amide bonds. The molecule has 1 aromatic carbocycles. The molecule has 0 atom stereocenters. The lowest BCUT2D eigenvalue weighted by atomic mass is 9.76. The monoisotopic (exact) mass is 1570 g/mol. The van der Waals surface area contributed by atoms with Gasteiger partial charge in [-0.3, -0.25) is 4.79 Å². The lowest BCUT2D eigenvalue weighted by Gasteiger charge is -2.40. The molecular weight excluding hydrogens is 1560 g/mol. The summed E-state index contributed by atoms with van der Waals surface area (Å²) in [5.41, 5.74) is -2.79. The Morgan fingerprint density at radius 2 is 0.449 bits per heavy atom. The molecule has 0 unspecified atom stereocenters. The highest BCUT2D eigenvalue weighted by atomic mass is 19.4. The number of likely N-dealkylation sites (N-methyl/N-ethyl adjacent to an activating group) is 1. The Morgan fingerprint density at radius 1 is 0.291 bits per heavy atom. The van der Waals surface area contributed by atoms with Crippen LogP contribution < -0.4 is 4.90 Å². The molecule has 1 saturated heterocycles. The van der Waals surface area contributed by atoms with E-state index in [2.05, 4.69) is 603 Å². The zero-order valence-electron chi connectivity index (χ0n) is 64.2. The van der Waals surface area contributed by atoms with E-state index < -0.39 is 34.9 Å². The number of nitriles is 1. The first-order chi connectivity index (χ1) is 62.6. The third-order valence-corrected chi connectivity index (χ3v) is 10.9. The Hall–Kier alpha value is -25.5. The van der Waals surface area contributed by atoms with Gasteiger partial charge in [-0.15, -0.1) is 6.42 Å². The molecule has 0 aromatic heterocycles. The van der Waals surface area contributed by atoms with Crippen LogP contribution >= 0.6 is 0 Å². The maximum Gasteiger partial charge on any atom is 0.407 e. The number of rotatable bonds is 1. The first kappa shape index (κ1) is 97.6. The van der Waals surface area contributed by atoms with Gasteiger partial charge in [-0.1, -0.05) is 6.07 Å². The Labute approximate surface area is 740 Å². The second kappa shape index (κ2) is 73.3. The molecule has 1 saturated carbocycles. The van der Waals surface area contributed by atoms with Crippen molar-refractivity contribution >= 4 is 23.3 Å². The molecule has 0 N–H and O–H groups in total. The number of alkyl halides is 3. The van der Waals surface area contributed by atoms with Crippen LogP contribution in [0, 0.1) is 622 Å². The van der Waals surface area contributed by atoms with Crippen LogP contribution in [0.3, 0.4) is 0 Å². The number of amides is 3. The third-order valence-electron chi connectivity index (χ3n) is 10.9. The highest BCUT2D eigenvalue weighted by Crippen LogP contribution is 2.46. The summed E-state index contributed by atoms with van der Waals surface area (Å²) in [7, 11) is 1.48. The van der Waals surface area contributed by atoms with E-state index in [0.29, 0.717) is 18.9 Å². The topological polar surface area (TPSA) is 68.8 Å². The van der Waals surface area contributed by atoms with E-state index in [0.717, 1.165) is 17.4 Å². The molecule has 2 fully saturated rings. The maximum absolute atomic E-state index is 13.1. The molecule has 1 heterocycles. The van der Waals surface area contributed by atoms with E-state index in [4.69, 9.17) is 18.3 Å². The van der Waals surface area contributed by atoms with Gasteiger partial charge in [0.25, 0.3) is 5.91 Å². The molecule has 1 aromatic rings. The zero-order chi connectivity index (χ0) is 91.1. The van der Waals surface area contributed by atoms with Gasteiger partial charge in [0, 0.05) is 558 Å². The number of terminal acetylenes is 1. The second-order valence-electron chi connectivity index (χ2n) is 18.4. The van der Waals surface area contributed by atoms with E-state index in [-0.39, 0.29) is 5.69 Å². The number of nitrogens with zero attached hydrogens (tertiary/aromatic N) is 4. The van der Waals surface area contributed by atoms with E-state index in [9.17, 15) is 22.8 Å². The fourth-order valence-corrected chi connectivity index (χ4v) is 6.17. The predicted molar refractivity (Wildman–Crippen MR) is 478 cm³/mol. The van der Waals surface area contributed by atoms with Gasteiger partial charge in [-0.2, -0.15) is 18.4 Å². The first-order valence-electron chi connectivity index (χ1n) is 32.7. The van der Waals surface area contributed by atoms with Crippen LogP contribution in [-0.2, 0) is 11.0 Å². The second-order valence-corrected chi connectivity index (χ2v) is 18.4. The van der Waals surface area contributed by atoms with Gasteiger partial charge in [-0.05, 0) is 78.8 Å². The number of imide groups is 1. The van der Waals surface area contributed by atoms with Gasteiger partial charge >= 0.3 is 12.2 Å².